The van der Waals surface area contributed by atoms with Crippen molar-refractivity contribution in [2.24, 2.45) is 5.16 Å². The highest BCUT2D eigenvalue weighted by atomic mass is 35.5. The molecule has 0 aliphatic carbocycles. The summed E-state index contributed by atoms with van der Waals surface area (Å²) in [4.78, 5) is 7.63. The zero-order valence-corrected chi connectivity index (χ0v) is 12.1. The molecule has 0 bridgehead atoms. The highest BCUT2D eigenvalue weighted by Crippen LogP contribution is 2.10. The van der Waals surface area contributed by atoms with Crippen LogP contribution in [0.3, 0.4) is 0 Å². The molecular weight excluding hydrogens is 248 g/mol. The van der Waals surface area contributed by atoms with E-state index < -0.39 is 0 Å². The van der Waals surface area contributed by atoms with Gasteiger partial charge in [0.1, 0.15) is 6.61 Å². The van der Waals surface area contributed by atoms with Gasteiger partial charge in [-0.3, -0.25) is 0 Å². The standard InChI is InChI=1S/C14H21ClN2O/c1-4-17(5-2)10-11-18-16-12(3)13-6-8-14(15)9-7-13/h6-9H,4-5,10-11H2,1-3H3/b16-12+. The molecule has 0 N–H and O–H groups in total. The smallest absolute Gasteiger partial charge is 0.129 e. The third-order valence-electron chi connectivity index (χ3n) is 2.86. The minimum Gasteiger partial charge on any atom is -0.394 e. The van der Waals surface area contributed by atoms with Crippen molar-refractivity contribution in [3.8, 4) is 0 Å². The Kier molecular flexibility index (Phi) is 6.76. The number of halogens is 1. The van der Waals surface area contributed by atoms with Crippen molar-refractivity contribution in [3.63, 3.8) is 0 Å². The van der Waals surface area contributed by atoms with Gasteiger partial charge in [-0.1, -0.05) is 42.7 Å². The molecule has 1 aromatic carbocycles. The molecular formula is C14H21ClN2O. The monoisotopic (exact) mass is 268 g/mol. The normalized spacial score (nSPS) is 11.9. The summed E-state index contributed by atoms with van der Waals surface area (Å²) in [5.74, 6) is 0. The van der Waals surface area contributed by atoms with Crippen molar-refractivity contribution >= 4 is 17.3 Å². The fraction of sp³-hybridized carbons (Fsp3) is 0.500. The third kappa shape index (κ3) is 5.07. The van der Waals surface area contributed by atoms with E-state index in [0.29, 0.717) is 6.61 Å². The van der Waals surface area contributed by atoms with Crippen molar-refractivity contribution in [1.29, 1.82) is 0 Å². The van der Waals surface area contributed by atoms with E-state index in [1.165, 1.54) is 0 Å². The van der Waals surface area contributed by atoms with Crippen LogP contribution in [-0.2, 0) is 4.84 Å². The second-order valence-corrected chi connectivity index (χ2v) is 4.48. The molecule has 4 heteroatoms. The maximum atomic E-state index is 5.83. The molecule has 0 amide bonds. The average Bonchev–Trinajstić information content (AvgIpc) is 2.39. The van der Waals surface area contributed by atoms with Crippen molar-refractivity contribution in [2.45, 2.75) is 20.8 Å². The second kappa shape index (κ2) is 8.11. The van der Waals surface area contributed by atoms with E-state index in [0.717, 1.165) is 35.9 Å². The van der Waals surface area contributed by atoms with Crippen LogP contribution >= 0.6 is 11.6 Å². The Hall–Kier alpha value is -1.06. The lowest BCUT2D eigenvalue weighted by atomic mass is 10.1. The van der Waals surface area contributed by atoms with E-state index in [2.05, 4.69) is 23.9 Å². The highest BCUT2D eigenvalue weighted by Gasteiger charge is 2.00. The minimum absolute atomic E-state index is 0.618. The molecule has 0 unspecified atom stereocenters. The lowest BCUT2D eigenvalue weighted by molar-refractivity contribution is 0.114. The summed E-state index contributed by atoms with van der Waals surface area (Å²) in [6.07, 6.45) is 0. The molecule has 0 saturated carbocycles. The van der Waals surface area contributed by atoms with E-state index in [4.69, 9.17) is 16.4 Å². The van der Waals surface area contributed by atoms with Gasteiger partial charge in [0.15, 0.2) is 0 Å². The molecule has 0 atom stereocenters. The molecule has 3 nitrogen and oxygen atoms in total. The molecule has 0 spiro atoms. The second-order valence-electron chi connectivity index (χ2n) is 4.04. The molecule has 0 fully saturated rings. The van der Waals surface area contributed by atoms with Crippen LogP contribution in [0.15, 0.2) is 29.4 Å². The van der Waals surface area contributed by atoms with Crippen molar-refractivity contribution in [1.82, 2.24) is 4.90 Å². The molecule has 18 heavy (non-hydrogen) atoms. The maximum Gasteiger partial charge on any atom is 0.129 e. The van der Waals surface area contributed by atoms with Gasteiger partial charge in [-0.05, 0) is 37.7 Å². The van der Waals surface area contributed by atoms with Crippen molar-refractivity contribution in [3.05, 3.63) is 34.9 Å². The van der Waals surface area contributed by atoms with Gasteiger partial charge in [-0.15, -0.1) is 0 Å². The first kappa shape index (κ1) is 15.0. The fourth-order valence-electron chi connectivity index (χ4n) is 1.60. The van der Waals surface area contributed by atoms with Crippen LogP contribution in [0.25, 0.3) is 0 Å². The summed E-state index contributed by atoms with van der Waals surface area (Å²) in [7, 11) is 0. The van der Waals surface area contributed by atoms with E-state index in [1.807, 2.05) is 31.2 Å². The predicted octanol–water partition coefficient (Wildman–Crippen LogP) is 3.42. The van der Waals surface area contributed by atoms with E-state index in [9.17, 15) is 0 Å². The molecule has 0 saturated heterocycles. The highest BCUT2D eigenvalue weighted by molar-refractivity contribution is 6.30. The molecule has 0 radical (unpaired) electrons. The van der Waals surface area contributed by atoms with Gasteiger partial charge in [0.05, 0.1) is 5.71 Å². The lowest BCUT2D eigenvalue weighted by Crippen LogP contribution is -2.26. The number of nitrogens with zero attached hydrogens (tertiary/aromatic N) is 2. The molecule has 0 aliphatic heterocycles. The summed E-state index contributed by atoms with van der Waals surface area (Å²) in [5, 5.41) is 4.84. The van der Waals surface area contributed by atoms with Gasteiger partial charge in [0.25, 0.3) is 0 Å². The van der Waals surface area contributed by atoms with Gasteiger partial charge in [0.2, 0.25) is 0 Å². The summed E-state index contributed by atoms with van der Waals surface area (Å²) < 4.78 is 0. The van der Waals surface area contributed by atoms with Crippen LogP contribution < -0.4 is 0 Å². The Balaban J connectivity index is 2.40. The first-order chi connectivity index (χ1) is 8.67. The first-order valence-electron chi connectivity index (χ1n) is 6.32. The zero-order chi connectivity index (χ0) is 13.4. The average molecular weight is 269 g/mol. The van der Waals surface area contributed by atoms with Crippen LogP contribution in [-0.4, -0.2) is 36.9 Å². The molecule has 0 aliphatic rings. The third-order valence-corrected chi connectivity index (χ3v) is 3.11. The number of likely N-dealkylation sites (N-methyl/N-ethyl adjacent to an activating group) is 1. The Labute approximate surface area is 114 Å². The van der Waals surface area contributed by atoms with Gasteiger partial charge >= 0.3 is 0 Å². The van der Waals surface area contributed by atoms with E-state index in [-0.39, 0.29) is 0 Å². The van der Waals surface area contributed by atoms with Crippen LogP contribution in [0, 0.1) is 0 Å². The van der Waals surface area contributed by atoms with Gasteiger partial charge in [-0.25, -0.2) is 0 Å². The van der Waals surface area contributed by atoms with Crippen LogP contribution in [0.2, 0.25) is 5.02 Å². The van der Waals surface area contributed by atoms with Gasteiger partial charge in [-0.2, -0.15) is 0 Å². The molecule has 1 aromatic rings. The molecule has 1 rings (SSSR count). The first-order valence-corrected chi connectivity index (χ1v) is 6.70. The molecule has 0 aromatic heterocycles. The summed E-state index contributed by atoms with van der Waals surface area (Å²) in [6, 6.07) is 7.58. The quantitative estimate of drug-likeness (QED) is 0.430. The van der Waals surface area contributed by atoms with Gasteiger partial charge < -0.3 is 9.74 Å². The van der Waals surface area contributed by atoms with Crippen molar-refractivity contribution in [2.75, 3.05) is 26.2 Å². The Morgan fingerprint density at radius 2 is 1.83 bits per heavy atom. The fourth-order valence-corrected chi connectivity index (χ4v) is 1.72. The van der Waals surface area contributed by atoms with E-state index in [1.54, 1.807) is 0 Å². The minimum atomic E-state index is 0.618. The lowest BCUT2D eigenvalue weighted by Gasteiger charge is -2.16. The largest absolute Gasteiger partial charge is 0.394 e. The Morgan fingerprint density at radius 3 is 2.39 bits per heavy atom. The predicted molar refractivity (Wildman–Crippen MR) is 77.4 cm³/mol. The van der Waals surface area contributed by atoms with Crippen molar-refractivity contribution < 1.29 is 4.84 Å². The number of hydrogen-bond acceptors (Lipinski definition) is 3. The topological polar surface area (TPSA) is 24.8 Å². The SMILES string of the molecule is CCN(CC)CCO/N=C(\C)c1ccc(Cl)cc1. The molecule has 0 heterocycles. The zero-order valence-electron chi connectivity index (χ0n) is 11.3. The number of benzene rings is 1. The number of rotatable bonds is 7. The van der Waals surface area contributed by atoms with Gasteiger partial charge in [0, 0.05) is 11.6 Å². The Bertz CT molecular complexity index is 372. The van der Waals surface area contributed by atoms with Crippen LogP contribution in [0.1, 0.15) is 26.3 Å². The van der Waals surface area contributed by atoms with E-state index >= 15 is 0 Å². The summed E-state index contributed by atoms with van der Waals surface area (Å²) in [5.41, 5.74) is 1.90. The maximum absolute atomic E-state index is 5.83. The van der Waals surface area contributed by atoms with Crippen LogP contribution in [0.4, 0.5) is 0 Å². The van der Waals surface area contributed by atoms with Crippen LogP contribution in [0.5, 0.6) is 0 Å². The number of oxime groups is 1. The Morgan fingerprint density at radius 1 is 1.22 bits per heavy atom. The summed E-state index contributed by atoms with van der Waals surface area (Å²) in [6.45, 7) is 9.83. The summed E-state index contributed by atoms with van der Waals surface area (Å²) >= 11 is 5.83. The number of hydrogen-bond donors (Lipinski definition) is 0. The molecule has 100 valence electrons.